The molecule has 1 atom stereocenters. The van der Waals surface area contributed by atoms with Crippen LogP contribution in [0.1, 0.15) is 16.8 Å². The minimum Gasteiger partial charge on any atom is -0.465 e. The van der Waals surface area contributed by atoms with E-state index in [2.05, 4.69) is 10.3 Å². The molecule has 2 aliphatic rings. The van der Waals surface area contributed by atoms with E-state index in [1.807, 2.05) is 18.2 Å². The van der Waals surface area contributed by atoms with E-state index < -0.39 is 6.09 Å². The molecule has 1 unspecified atom stereocenters. The largest absolute Gasteiger partial charge is 0.465 e. The van der Waals surface area contributed by atoms with Gasteiger partial charge in [0.15, 0.2) is 0 Å². The van der Waals surface area contributed by atoms with Crippen molar-refractivity contribution in [1.82, 2.24) is 9.88 Å². The van der Waals surface area contributed by atoms with Gasteiger partial charge in [0.05, 0.1) is 5.56 Å². The zero-order chi connectivity index (χ0) is 19.4. The Bertz CT molecular complexity index is 1130. The smallest absolute Gasteiger partial charge is 0.407 e. The second kappa shape index (κ2) is 6.27. The van der Waals surface area contributed by atoms with Gasteiger partial charge in [-0.3, -0.25) is 4.79 Å². The van der Waals surface area contributed by atoms with Crippen LogP contribution < -0.4 is 5.32 Å². The van der Waals surface area contributed by atoms with Gasteiger partial charge in [0.2, 0.25) is 0 Å². The number of halogens is 1. The van der Waals surface area contributed by atoms with Crippen molar-refractivity contribution in [2.24, 2.45) is 0 Å². The van der Waals surface area contributed by atoms with Gasteiger partial charge in [-0.15, -0.1) is 11.8 Å². The first-order valence-corrected chi connectivity index (χ1v) is 9.79. The second-order valence-electron chi connectivity index (χ2n) is 6.94. The lowest BCUT2D eigenvalue weighted by Crippen LogP contribution is -2.27. The first kappa shape index (κ1) is 17.1. The number of amides is 2. The normalized spacial score (nSPS) is 18.1. The predicted octanol–water partition coefficient (Wildman–Crippen LogP) is 4.38. The van der Waals surface area contributed by atoms with Crippen LogP contribution in [0.2, 0.25) is 0 Å². The van der Waals surface area contributed by atoms with Crippen molar-refractivity contribution in [2.75, 3.05) is 18.4 Å². The summed E-state index contributed by atoms with van der Waals surface area (Å²) in [6.45, 7) is 0.875. The van der Waals surface area contributed by atoms with E-state index in [1.165, 1.54) is 22.7 Å². The van der Waals surface area contributed by atoms with Crippen LogP contribution in [0.4, 0.5) is 14.9 Å². The fourth-order valence-electron chi connectivity index (χ4n) is 3.99. The minimum atomic E-state index is -0.934. The molecule has 3 N–H and O–H groups in total. The van der Waals surface area contributed by atoms with Gasteiger partial charge in [0.1, 0.15) is 5.82 Å². The van der Waals surface area contributed by atoms with E-state index >= 15 is 0 Å². The van der Waals surface area contributed by atoms with Crippen LogP contribution in [0.5, 0.6) is 0 Å². The van der Waals surface area contributed by atoms with E-state index in [0.29, 0.717) is 41.5 Å². The Morgan fingerprint density at radius 3 is 2.86 bits per heavy atom. The van der Waals surface area contributed by atoms with E-state index in [9.17, 15) is 19.1 Å². The third-order valence-corrected chi connectivity index (χ3v) is 6.56. The molecule has 1 saturated heterocycles. The van der Waals surface area contributed by atoms with E-state index in [4.69, 9.17) is 0 Å². The molecule has 8 heteroatoms. The number of aromatic nitrogens is 1. The number of nitrogens with zero attached hydrogens (tertiary/aromatic N) is 1. The monoisotopic (exact) mass is 397 g/mol. The molecule has 5 rings (SSSR count). The molecular formula is C20H16FN3O3S. The molecule has 3 heterocycles. The fourth-order valence-corrected chi connectivity index (χ4v) is 5.33. The van der Waals surface area contributed by atoms with Crippen LogP contribution in [0, 0.1) is 5.82 Å². The van der Waals surface area contributed by atoms with E-state index in [1.54, 1.807) is 12.3 Å². The molecule has 142 valence electrons. The standard InChI is InChI=1S/C20H16FN3O3S/c21-12-3-4-14-18-16(19(25)23-14)11(13-2-1-6-22-13)8-15(17(12)18)28-10-5-7-24(9-10)20(26)27/h1-4,6,8,10,22H,5,7,9H2,(H,23,25)(H,26,27). The number of nitrogens with one attached hydrogen (secondary N) is 2. The lowest BCUT2D eigenvalue weighted by molar-refractivity contribution is 0.103. The molecule has 6 nitrogen and oxygen atoms in total. The van der Waals surface area contributed by atoms with Gasteiger partial charge in [-0.05, 0) is 36.8 Å². The summed E-state index contributed by atoms with van der Waals surface area (Å²) in [5.74, 6) is -0.630. The first-order valence-electron chi connectivity index (χ1n) is 8.92. The molecule has 1 fully saturated rings. The van der Waals surface area contributed by atoms with Crippen molar-refractivity contribution in [3.63, 3.8) is 0 Å². The SMILES string of the molecule is O=C1Nc2ccc(F)c3c(SC4CCN(C(=O)O)C4)cc(-c4ccc[nH]4)c1c23. The predicted molar refractivity (Wildman–Crippen MR) is 106 cm³/mol. The summed E-state index contributed by atoms with van der Waals surface area (Å²) in [6.07, 6.45) is 1.55. The summed E-state index contributed by atoms with van der Waals surface area (Å²) in [5.41, 5.74) is 2.57. The van der Waals surface area contributed by atoms with E-state index in [0.717, 1.165) is 16.2 Å². The highest BCUT2D eigenvalue weighted by Crippen LogP contribution is 2.46. The number of rotatable bonds is 3. The summed E-state index contributed by atoms with van der Waals surface area (Å²) in [5, 5.41) is 13.1. The number of anilines is 1. The Kier molecular flexibility index (Phi) is 3.83. The maximum absolute atomic E-state index is 14.8. The molecule has 0 saturated carbocycles. The Labute approximate surface area is 163 Å². The summed E-state index contributed by atoms with van der Waals surface area (Å²) in [6, 6.07) is 8.51. The maximum Gasteiger partial charge on any atom is 0.407 e. The van der Waals surface area contributed by atoms with Gasteiger partial charge < -0.3 is 20.3 Å². The van der Waals surface area contributed by atoms with Crippen LogP contribution in [-0.2, 0) is 0 Å². The second-order valence-corrected chi connectivity index (χ2v) is 8.28. The molecule has 0 bridgehead atoms. The van der Waals surface area contributed by atoms with E-state index in [-0.39, 0.29) is 17.0 Å². The Morgan fingerprint density at radius 2 is 2.14 bits per heavy atom. The van der Waals surface area contributed by atoms with Crippen LogP contribution in [0.25, 0.3) is 22.0 Å². The third kappa shape index (κ3) is 2.56. The molecule has 2 amide bonds. The summed E-state index contributed by atoms with van der Waals surface area (Å²) in [7, 11) is 0. The van der Waals surface area contributed by atoms with Gasteiger partial charge in [-0.25, -0.2) is 9.18 Å². The van der Waals surface area contributed by atoms with Crippen molar-refractivity contribution in [3.05, 3.63) is 47.9 Å². The third-order valence-electron chi connectivity index (χ3n) is 5.27. The van der Waals surface area contributed by atoms with Crippen molar-refractivity contribution in [3.8, 4) is 11.3 Å². The zero-order valence-corrected chi connectivity index (χ0v) is 15.5. The van der Waals surface area contributed by atoms with Crippen LogP contribution in [-0.4, -0.2) is 45.3 Å². The summed E-state index contributed by atoms with van der Waals surface area (Å²) in [4.78, 5) is 29.1. The van der Waals surface area contributed by atoms with Crippen LogP contribution in [0.3, 0.4) is 0 Å². The van der Waals surface area contributed by atoms with Crippen LogP contribution >= 0.6 is 11.8 Å². The lowest BCUT2D eigenvalue weighted by atomic mass is 9.97. The lowest BCUT2D eigenvalue weighted by Gasteiger charge is -2.16. The number of carbonyl (C=O) groups is 2. The topological polar surface area (TPSA) is 85.4 Å². The number of likely N-dealkylation sites (tertiary alicyclic amines) is 1. The summed E-state index contributed by atoms with van der Waals surface area (Å²) >= 11 is 1.48. The van der Waals surface area contributed by atoms with Gasteiger partial charge in [-0.2, -0.15) is 0 Å². The number of hydrogen-bond acceptors (Lipinski definition) is 3. The van der Waals surface area contributed by atoms with Gasteiger partial charge in [0, 0.05) is 57.1 Å². The first-order chi connectivity index (χ1) is 13.5. The fraction of sp³-hybridized carbons (Fsp3) is 0.200. The average molecular weight is 397 g/mol. The molecular weight excluding hydrogens is 381 g/mol. The molecule has 0 radical (unpaired) electrons. The highest BCUT2D eigenvalue weighted by molar-refractivity contribution is 8.00. The van der Waals surface area contributed by atoms with Gasteiger partial charge in [0.25, 0.3) is 5.91 Å². The van der Waals surface area contributed by atoms with Crippen molar-refractivity contribution >= 4 is 40.2 Å². The Hall–Kier alpha value is -3.00. The Morgan fingerprint density at radius 1 is 1.29 bits per heavy atom. The maximum atomic E-state index is 14.8. The Balaban J connectivity index is 1.68. The molecule has 2 aliphatic heterocycles. The molecule has 0 aliphatic carbocycles. The molecule has 0 spiro atoms. The molecule has 3 aromatic rings. The van der Waals surface area contributed by atoms with Crippen molar-refractivity contribution in [1.29, 1.82) is 0 Å². The molecule has 28 heavy (non-hydrogen) atoms. The number of benzene rings is 2. The summed E-state index contributed by atoms with van der Waals surface area (Å²) < 4.78 is 14.8. The number of hydrogen-bond donors (Lipinski definition) is 3. The van der Waals surface area contributed by atoms with Crippen molar-refractivity contribution in [2.45, 2.75) is 16.6 Å². The number of carbonyl (C=O) groups excluding carboxylic acids is 1. The number of carboxylic acid groups (broad SMARTS) is 1. The van der Waals surface area contributed by atoms with Crippen LogP contribution in [0.15, 0.2) is 41.4 Å². The number of thioether (sulfide) groups is 1. The quantitative estimate of drug-likeness (QED) is 0.612. The highest BCUT2D eigenvalue weighted by Gasteiger charge is 2.32. The molecule has 1 aromatic heterocycles. The minimum absolute atomic E-state index is 0.0362. The number of H-pyrrole nitrogens is 1. The van der Waals surface area contributed by atoms with Crippen molar-refractivity contribution < 1.29 is 19.1 Å². The average Bonchev–Trinajstić information content (AvgIpc) is 3.40. The number of aromatic amines is 1. The van der Waals surface area contributed by atoms with Gasteiger partial charge in [-0.1, -0.05) is 0 Å². The van der Waals surface area contributed by atoms with Gasteiger partial charge >= 0.3 is 6.09 Å². The molecule has 2 aromatic carbocycles. The zero-order valence-electron chi connectivity index (χ0n) is 14.7. The highest BCUT2D eigenvalue weighted by atomic mass is 32.2.